The van der Waals surface area contributed by atoms with Crippen LogP contribution >= 0.6 is 0 Å². The molecule has 0 amide bonds. The van der Waals surface area contributed by atoms with Gasteiger partial charge >= 0.3 is 0 Å². The lowest BCUT2D eigenvalue weighted by atomic mass is 10.0. The van der Waals surface area contributed by atoms with Crippen molar-refractivity contribution in [2.75, 3.05) is 0 Å². The predicted molar refractivity (Wildman–Crippen MR) is 41.5 cm³/mol. The molecule has 0 aromatic carbocycles. The summed E-state index contributed by atoms with van der Waals surface area (Å²) in [6.07, 6.45) is 4.24. The summed E-state index contributed by atoms with van der Waals surface area (Å²) in [5, 5.41) is 0. The van der Waals surface area contributed by atoms with Gasteiger partial charge in [0.2, 0.25) is 0 Å². The van der Waals surface area contributed by atoms with Crippen LogP contribution in [-0.4, -0.2) is 12.3 Å². The molecule has 0 bridgehead atoms. The molecule has 2 heteroatoms. The van der Waals surface area contributed by atoms with Crippen LogP contribution in [0.1, 0.15) is 33.1 Å². The average molecular weight is 143 g/mol. The number of ether oxygens (including phenoxy) is 1. The van der Waals surface area contributed by atoms with E-state index in [2.05, 4.69) is 13.8 Å². The Balaban J connectivity index is 2.04. The molecule has 0 aromatic heterocycles. The molecule has 0 aromatic rings. The van der Waals surface area contributed by atoms with Crippen molar-refractivity contribution >= 4 is 0 Å². The number of unbranched alkanes of at least 4 members (excludes halogenated alkanes) is 1. The van der Waals surface area contributed by atoms with Gasteiger partial charge in [0.1, 0.15) is 12.3 Å². The van der Waals surface area contributed by atoms with Crippen molar-refractivity contribution in [3.63, 3.8) is 0 Å². The summed E-state index contributed by atoms with van der Waals surface area (Å²) in [5.41, 5.74) is 5.52. The Morgan fingerprint density at radius 2 is 2.20 bits per heavy atom. The van der Waals surface area contributed by atoms with E-state index >= 15 is 0 Å². The smallest absolute Gasteiger partial charge is 0.133 e. The van der Waals surface area contributed by atoms with Crippen LogP contribution in [-0.2, 0) is 4.74 Å². The van der Waals surface area contributed by atoms with Crippen LogP contribution in [0.15, 0.2) is 0 Å². The van der Waals surface area contributed by atoms with E-state index in [1.54, 1.807) is 0 Å². The van der Waals surface area contributed by atoms with Crippen LogP contribution in [0.25, 0.3) is 0 Å². The average Bonchev–Trinajstić information content (AvgIpc) is 2.62. The molecule has 2 nitrogen and oxygen atoms in total. The highest BCUT2D eigenvalue weighted by Gasteiger charge is 2.39. The van der Waals surface area contributed by atoms with Crippen LogP contribution in [0.5, 0.6) is 0 Å². The zero-order valence-corrected chi connectivity index (χ0v) is 6.84. The lowest BCUT2D eigenvalue weighted by Crippen LogP contribution is -2.12. The van der Waals surface area contributed by atoms with E-state index in [1.807, 2.05) is 0 Å². The number of hydrogen-bond donors (Lipinski definition) is 1. The van der Waals surface area contributed by atoms with Gasteiger partial charge in [-0.15, -0.1) is 0 Å². The summed E-state index contributed by atoms with van der Waals surface area (Å²) in [6, 6.07) is 0. The van der Waals surface area contributed by atoms with Gasteiger partial charge in [0.25, 0.3) is 0 Å². The second-order valence-electron chi connectivity index (χ2n) is 3.18. The Morgan fingerprint density at radius 3 is 2.60 bits per heavy atom. The van der Waals surface area contributed by atoms with Crippen molar-refractivity contribution in [2.24, 2.45) is 11.7 Å². The molecule has 0 spiro atoms. The fraction of sp³-hybridized carbons (Fsp3) is 1.00. The zero-order chi connectivity index (χ0) is 7.56. The molecule has 1 aliphatic heterocycles. The minimum absolute atomic E-state index is 0.0480. The molecule has 1 rings (SSSR count). The lowest BCUT2D eigenvalue weighted by molar-refractivity contribution is 0.314. The van der Waals surface area contributed by atoms with Crippen molar-refractivity contribution in [3.8, 4) is 0 Å². The number of hydrogen-bond acceptors (Lipinski definition) is 2. The Kier molecular flexibility index (Phi) is 2.69. The lowest BCUT2D eigenvalue weighted by Gasteiger charge is -2.04. The molecule has 1 heterocycles. The monoisotopic (exact) mass is 143 g/mol. The van der Waals surface area contributed by atoms with Gasteiger partial charge in [-0.2, -0.15) is 0 Å². The maximum atomic E-state index is 5.52. The molecule has 3 unspecified atom stereocenters. The molecular formula is C8H17NO. The quantitative estimate of drug-likeness (QED) is 0.606. The molecule has 0 aliphatic carbocycles. The topological polar surface area (TPSA) is 38.5 Å². The first kappa shape index (κ1) is 8.02. The van der Waals surface area contributed by atoms with Crippen molar-refractivity contribution in [1.82, 2.24) is 0 Å². The minimum atomic E-state index is 0.0480. The van der Waals surface area contributed by atoms with Crippen LogP contribution in [0.4, 0.5) is 0 Å². The minimum Gasteiger partial charge on any atom is -0.353 e. The third-order valence-corrected chi connectivity index (χ3v) is 2.14. The van der Waals surface area contributed by atoms with Gasteiger partial charge in [-0.05, 0) is 12.3 Å². The third kappa shape index (κ3) is 1.96. The van der Waals surface area contributed by atoms with Gasteiger partial charge in [0.15, 0.2) is 0 Å². The Labute approximate surface area is 62.7 Å². The first-order chi connectivity index (χ1) is 4.75. The van der Waals surface area contributed by atoms with E-state index in [9.17, 15) is 0 Å². The highest BCUT2D eigenvalue weighted by Crippen LogP contribution is 2.28. The molecule has 3 atom stereocenters. The van der Waals surface area contributed by atoms with E-state index in [-0.39, 0.29) is 6.23 Å². The molecule has 1 fully saturated rings. The number of epoxide rings is 1. The van der Waals surface area contributed by atoms with Gasteiger partial charge in [0, 0.05) is 0 Å². The standard InChI is InChI=1S/C8H17NO/c1-3-4-5-6(2)7-8(9)10-7/h6-8H,3-5,9H2,1-2H3. The van der Waals surface area contributed by atoms with Crippen LogP contribution in [0, 0.1) is 5.92 Å². The maximum absolute atomic E-state index is 5.52. The maximum Gasteiger partial charge on any atom is 0.133 e. The molecule has 0 saturated carbocycles. The summed E-state index contributed by atoms with van der Waals surface area (Å²) >= 11 is 0. The zero-order valence-electron chi connectivity index (χ0n) is 6.84. The van der Waals surface area contributed by atoms with Crippen molar-refractivity contribution in [3.05, 3.63) is 0 Å². The van der Waals surface area contributed by atoms with E-state index in [0.29, 0.717) is 12.0 Å². The van der Waals surface area contributed by atoms with Gasteiger partial charge in [-0.3, -0.25) is 0 Å². The molecule has 0 radical (unpaired) electrons. The SMILES string of the molecule is CCCCC(C)C1OC1N. The molecular weight excluding hydrogens is 126 g/mol. The normalized spacial score (nSPS) is 33.9. The second kappa shape index (κ2) is 3.35. The summed E-state index contributed by atoms with van der Waals surface area (Å²) in [6.45, 7) is 4.42. The largest absolute Gasteiger partial charge is 0.353 e. The Bertz CT molecular complexity index is 105. The van der Waals surface area contributed by atoms with Crippen LogP contribution in [0.3, 0.4) is 0 Å². The molecule has 10 heavy (non-hydrogen) atoms. The molecule has 60 valence electrons. The predicted octanol–water partition coefficient (Wildman–Crippen LogP) is 1.50. The highest BCUT2D eigenvalue weighted by molar-refractivity contribution is 4.83. The van der Waals surface area contributed by atoms with Gasteiger partial charge in [-0.25, -0.2) is 0 Å². The third-order valence-electron chi connectivity index (χ3n) is 2.14. The summed E-state index contributed by atoms with van der Waals surface area (Å²) in [4.78, 5) is 0. The van der Waals surface area contributed by atoms with Gasteiger partial charge < -0.3 is 10.5 Å². The molecule has 1 saturated heterocycles. The van der Waals surface area contributed by atoms with Crippen LogP contribution in [0.2, 0.25) is 0 Å². The van der Waals surface area contributed by atoms with Crippen molar-refractivity contribution in [2.45, 2.75) is 45.4 Å². The first-order valence-corrected chi connectivity index (χ1v) is 4.16. The number of rotatable bonds is 4. The highest BCUT2D eigenvalue weighted by atomic mass is 16.6. The van der Waals surface area contributed by atoms with E-state index in [1.165, 1.54) is 19.3 Å². The van der Waals surface area contributed by atoms with E-state index in [0.717, 1.165) is 0 Å². The summed E-state index contributed by atoms with van der Waals surface area (Å²) in [5.74, 6) is 0.662. The first-order valence-electron chi connectivity index (χ1n) is 4.16. The van der Waals surface area contributed by atoms with Crippen molar-refractivity contribution in [1.29, 1.82) is 0 Å². The summed E-state index contributed by atoms with van der Waals surface area (Å²) in [7, 11) is 0. The Hall–Kier alpha value is -0.0800. The van der Waals surface area contributed by atoms with Gasteiger partial charge in [-0.1, -0.05) is 26.7 Å². The second-order valence-corrected chi connectivity index (χ2v) is 3.18. The van der Waals surface area contributed by atoms with E-state index in [4.69, 9.17) is 10.5 Å². The van der Waals surface area contributed by atoms with Gasteiger partial charge in [0.05, 0.1) is 0 Å². The Morgan fingerprint density at radius 1 is 1.60 bits per heavy atom. The number of nitrogens with two attached hydrogens (primary N) is 1. The molecule has 2 N–H and O–H groups in total. The van der Waals surface area contributed by atoms with E-state index < -0.39 is 0 Å². The summed E-state index contributed by atoms with van der Waals surface area (Å²) < 4.78 is 5.15. The fourth-order valence-corrected chi connectivity index (χ4v) is 1.28. The molecule has 1 aliphatic rings. The fourth-order valence-electron chi connectivity index (χ4n) is 1.28. The van der Waals surface area contributed by atoms with Crippen molar-refractivity contribution < 1.29 is 4.74 Å². The van der Waals surface area contributed by atoms with Crippen LogP contribution < -0.4 is 5.73 Å².